The van der Waals surface area contributed by atoms with E-state index >= 15 is 0 Å². The largest absolute Gasteiger partial charge is 0.321 e. The summed E-state index contributed by atoms with van der Waals surface area (Å²) in [5.74, 6) is 0. The van der Waals surface area contributed by atoms with Crippen molar-refractivity contribution in [1.82, 2.24) is 25.2 Å². The van der Waals surface area contributed by atoms with Crippen molar-refractivity contribution in [3.63, 3.8) is 0 Å². The van der Waals surface area contributed by atoms with E-state index in [1.165, 1.54) is 16.9 Å². The summed E-state index contributed by atoms with van der Waals surface area (Å²) in [5, 5.41) is 7.21. The van der Waals surface area contributed by atoms with E-state index in [-0.39, 0.29) is 5.56 Å². The summed E-state index contributed by atoms with van der Waals surface area (Å²) >= 11 is 1.50. The minimum absolute atomic E-state index is 0.117. The molecule has 4 heterocycles. The molecular weight excluding hydrogens is 394 g/mol. The van der Waals surface area contributed by atoms with Gasteiger partial charge in [0.25, 0.3) is 5.56 Å². The fraction of sp³-hybridized carbons (Fsp3) is 0.261. The zero-order valence-corrected chi connectivity index (χ0v) is 17.6. The van der Waals surface area contributed by atoms with Gasteiger partial charge in [0.15, 0.2) is 0 Å². The van der Waals surface area contributed by atoms with Gasteiger partial charge in [0.1, 0.15) is 5.01 Å². The third-order valence-corrected chi connectivity index (χ3v) is 6.30. The minimum atomic E-state index is -0.117. The van der Waals surface area contributed by atoms with Crippen molar-refractivity contribution in [1.29, 1.82) is 0 Å². The molecule has 4 aromatic rings. The lowest BCUT2D eigenvalue weighted by Gasteiger charge is -2.31. The molecule has 1 saturated heterocycles. The summed E-state index contributed by atoms with van der Waals surface area (Å²) in [6.07, 6.45) is 1.75. The molecule has 0 bridgehead atoms. The fourth-order valence-corrected chi connectivity index (χ4v) is 4.75. The van der Waals surface area contributed by atoms with Crippen LogP contribution in [0.15, 0.2) is 58.8 Å². The summed E-state index contributed by atoms with van der Waals surface area (Å²) in [4.78, 5) is 27.3. The molecule has 0 amide bonds. The highest BCUT2D eigenvalue weighted by Gasteiger charge is 2.16. The average Bonchev–Trinajstić information content (AvgIpc) is 3.24. The topological polar surface area (TPSA) is 73.9 Å². The van der Waals surface area contributed by atoms with Crippen LogP contribution in [0.1, 0.15) is 12.5 Å². The maximum absolute atomic E-state index is 12.8. The van der Waals surface area contributed by atoms with Gasteiger partial charge in [-0.25, -0.2) is 4.98 Å². The predicted molar refractivity (Wildman–Crippen MR) is 122 cm³/mol. The van der Waals surface area contributed by atoms with Crippen LogP contribution in [0.2, 0.25) is 0 Å². The number of benzene rings is 1. The Kier molecular flexibility index (Phi) is 5.16. The lowest BCUT2D eigenvalue weighted by Crippen LogP contribution is -2.48. The molecule has 6 nitrogen and oxygen atoms in total. The van der Waals surface area contributed by atoms with E-state index in [1.807, 2.05) is 29.6 Å². The smallest absolute Gasteiger partial charge is 0.257 e. The Labute approximate surface area is 178 Å². The number of thiazole rings is 1. The number of nitrogens with zero attached hydrogens (tertiary/aromatic N) is 3. The standard InChI is InChI=1S/C23H23N5OS/c1-15-12-28(9-8-24-15)13-16-5-6-17-11-18(22(29)26-20(17)10-16)21-14-30-23(27-21)19-4-2-3-7-25-19/h2-7,10-11,14-15,24H,8-9,12-13H2,1H3,(H,26,29). The first-order chi connectivity index (χ1) is 14.7. The van der Waals surface area contributed by atoms with Gasteiger partial charge in [-0.05, 0) is 42.1 Å². The van der Waals surface area contributed by atoms with E-state index in [2.05, 4.69) is 50.3 Å². The summed E-state index contributed by atoms with van der Waals surface area (Å²) in [6, 6.07) is 14.5. The monoisotopic (exact) mass is 417 g/mol. The molecule has 152 valence electrons. The number of fused-ring (bicyclic) bond motifs is 1. The van der Waals surface area contributed by atoms with Crippen molar-refractivity contribution in [2.75, 3.05) is 19.6 Å². The van der Waals surface area contributed by atoms with Crippen LogP contribution in [-0.2, 0) is 6.54 Å². The second kappa shape index (κ2) is 8.10. The summed E-state index contributed by atoms with van der Waals surface area (Å²) in [5.41, 5.74) is 4.05. The molecule has 0 saturated carbocycles. The van der Waals surface area contributed by atoms with Crippen LogP contribution in [0.5, 0.6) is 0 Å². The van der Waals surface area contributed by atoms with Gasteiger partial charge in [0.2, 0.25) is 0 Å². The van der Waals surface area contributed by atoms with E-state index in [0.717, 1.165) is 47.8 Å². The van der Waals surface area contributed by atoms with Gasteiger partial charge in [0.05, 0.1) is 17.0 Å². The van der Waals surface area contributed by atoms with Gasteiger partial charge in [-0.1, -0.05) is 18.2 Å². The number of aromatic nitrogens is 3. The van der Waals surface area contributed by atoms with Crippen LogP contribution in [0.4, 0.5) is 0 Å². The maximum Gasteiger partial charge on any atom is 0.257 e. The highest BCUT2D eigenvalue weighted by Crippen LogP contribution is 2.27. The van der Waals surface area contributed by atoms with Crippen molar-refractivity contribution in [3.8, 4) is 22.0 Å². The molecule has 7 heteroatoms. The maximum atomic E-state index is 12.8. The molecule has 1 aliphatic rings. The van der Waals surface area contributed by atoms with Crippen molar-refractivity contribution in [2.45, 2.75) is 19.5 Å². The molecule has 2 N–H and O–H groups in total. The second-order valence-corrected chi connectivity index (χ2v) is 8.64. The molecule has 1 aliphatic heterocycles. The molecular formula is C23H23N5OS. The second-order valence-electron chi connectivity index (χ2n) is 7.78. The van der Waals surface area contributed by atoms with Gasteiger partial charge in [-0.15, -0.1) is 11.3 Å². The number of hydrogen-bond donors (Lipinski definition) is 2. The number of aromatic amines is 1. The molecule has 0 aliphatic carbocycles. The van der Waals surface area contributed by atoms with E-state index in [0.29, 0.717) is 17.3 Å². The van der Waals surface area contributed by atoms with Crippen molar-refractivity contribution < 1.29 is 0 Å². The highest BCUT2D eigenvalue weighted by atomic mass is 32.1. The Bertz CT molecular complexity index is 1230. The van der Waals surface area contributed by atoms with Crippen LogP contribution in [0, 0.1) is 0 Å². The predicted octanol–water partition coefficient (Wildman–Crippen LogP) is 3.51. The van der Waals surface area contributed by atoms with Gasteiger partial charge in [-0.3, -0.25) is 14.7 Å². The molecule has 3 aromatic heterocycles. The lowest BCUT2D eigenvalue weighted by molar-refractivity contribution is 0.200. The molecule has 5 rings (SSSR count). The highest BCUT2D eigenvalue weighted by molar-refractivity contribution is 7.13. The molecule has 1 atom stereocenters. The number of H-pyrrole nitrogens is 1. The number of hydrogen-bond acceptors (Lipinski definition) is 6. The van der Waals surface area contributed by atoms with E-state index in [9.17, 15) is 4.79 Å². The zero-order valence-electron chi connectivity index (χ0n) is 16.8. The first kappa shape index (κ1) is 19.1. The Morgan fingerprint density at radius 1 is 1.20 bits per heavy atom. The van der Waals surface area contributed by atoms with Gasteiger partial charge >= 0.3 is 0 Å². The molecule has 1 aromatic carbocycles. The SMILES string of the molecule is CC1CN(Cc2ccc3cc(-c4csc(-c5ccccn5)n4)c(=O)[nH]c3c2)CCN1. The average molecular weight is 418 g/mol. The van der Waals surface area contributed by atoms with Crippen molar-refractivity contribution >= 4 is 22.2 Å². The third kappa shape index (κ3) is 3.92. The quantitative estimate of drug-likeness (QED) is 0.532. The van der Waals surface area contributed by atoms with Crippen LogP contribution in [-0.4, -0.2) is 45.5 Å². The normalized spacial score (nSPS) is 17.4. The molecule has 0 radical (unpaired) electrons. The third-order valence-electron chi connectivity index (χ3n) is 5.43. The van der Waals surface area contributed by atoms with Gasteiger partial charge < -0.3 is 10.3 Å². The van der Waals surface area contributed by atoms with E-state index < -0.39 is 0 Å². The Morgan fingerprint density at radius 3 is 2.97 bits per heavy atom. The Balaban J connectivity index is 1.43. The first-order valence-electron chi connectivity index (χ1n) is 10.1. The lowest BCUT2D eigenvalue weighted by atomic mass is 10.1. The zero-order chi connectivity index (χ0) is 20.5. The van der Waals surface area contributed by atoms with Crippen molar-refractivity contribution in [3.05, 3.63) is 70.0 Å². The minimum Gasteiger partial charge on any atom is -0.321 e. The summed E-state index contributed by atoms with van der Waals surface area (Å²) in [7, 11) is 0. The summed E-state index contributed by atoms with van der Waals surface area (Å²) < 4.78 is 0. The van der Waals surface area contributed by atoms with Gasteiger partial charge in [0, 0.05) is 49.3 Å². The van der Waals surface area contributed by atoms with Gasteiger partial charge in [-0.2, -0.15) is 0 Å². The van der Waals surface area contributed by atoms with Crippen LogP contribution in [0.3, 0.4) is 0 Å². The van der Waals surface area contributed by atoms with Crippen LogP contribution < -0.4 is 10.9 Å². The Hall–Kier alpha value is -2.87. The fourth-order valence-electron chi connectivity index (χ4n) is 3.96. The van der Waals surface area contributed by atoms with Crippen LogP contribution >= 0.6 is 11.3 Å². The molecule has 30 heavy (non-hydrogen) atoms. The first-order valence-corrected chi connectivity index (χ1v) is 11.0. The number of piperazine rings is 1. The molecule has 1 fully saturated rings. The van der Waals surface area contributed by atoms with Crippen molar-refractivity contribution in [2.24, 2.45) is 0 Å². The Morgan fingerprint density at radius 2 is 2.13 bits per heavy atom. The molecule has 0 spiro atoms. The van der Waals surface area contributed by atoms with E-state index in [4.69, 9.17) is 0 Å². The summed E-state index contributed by atoms with van der Waals surface area (Å²) in [6.45, 7) is 6.20. The van der Waals surface area contributed by atoms with Crippen LogP contribution in [0.25, 0.3) is 32.9 Å². The number of nitrogens with one attached hydrogen (secondary N) is 2. The number of pyridine rings is 2. The number of rotatable bonds is 4. The molecule has 1 unspecified atom stereocenters. The van der Waals surface area contributed by atoms with E-state index in [1.54, 1.807) is 6.20 Å².